The molecule has 0 saturated heterocycles. The third-order valence-electron chi connectivity index (χ3n) is 2.16. The summed E-state index contributed by atoms with van der Waals surface area (Å²) in [6, 6.07) is 0. The van der Waals surface area contributed by atoms with Gasteiger partial charge in [-0.1, -0.05) is 0 Å². The minimum absolute atomic E-state index is 0. The van der Waals surface area contributed by atoms with Gasteiger partial charge in [0.25, 0.3) is 0 Å². The van der Waals surface area contributed by atoms with Gasteiger partial charge in [0.1, 0.15) is 0 Å². The van der Waals surface area contributed by atoms with Gasteiger partial charge in [0.15, 0.2) is 0 Å². The molecule has 0 heterocycles. The Morgan fingerprint density at radius 2 is 1.93 bits per heavy atom. The lowest BCUT2D eigenvalue weighted by atomic mass is 10.2. The van der Waals surface area contributed by atoms with Gasteiger partial charge in [-0.25, -0.2) is 0 Å². The zero-order valence-electron chi connectivity index (χ0n) is 8.06. The van der Waals surface area contributed by atoms with Gasteiger partial charge in [-0.15, -0.1) is 12.4 Å². The molecule has 15 heavy (non-hydrogen) atoms. The Balaban J connectivity index is 0.00000196. The summed E-state index contributed by atoms with van der Waals surface area (Å²) >= 11 is 0. The summed E-state index contributed by atoms with van der Waals surface area (Å²) in [4.78, 5) is 11.1. The summed E-state index contributed by atoms with van der Waals surface area (Å²) in [5, 5.41) is 2.39. The lowest BCUT2D eigenvalue weighted by Gasteiger charge is -2.10. The molecule has 0 atom stereocenters. The molecule has 0 bridgehead atoms. The van der Waals surface area contributed by atoms with Crippen LogP contribution in [-0.4, -0.2) is 24.2 Å². The molecule has 0 aromatic heterocycles. The molecule has 1 fully saturated rings. The second-order valence-corrected chi connectivity index (χ2v) is 3.63. The Morgan fingerprint density at radius 1 is 1.40 bits per heavy atom. The number of nitrogens with two attached hydrogens (primary N) is 1. The third-order valence-corrected chi connectivity index (χ3v) is 2.16. The van der Waals surface area contributed by atoms with E-state index in [1.165, 1.54) is 0 Å². The Morgan fingerprint density at radius 3 is 2.33 bits per heavy atom. The standard InChI is InChI=1S/C8H13F3N2O.ClH/c9-8(10,11)2-1-5-13-6(14)7(12)3-4-7;/h1-5,12H2,(H,13,14);1H. The fourth-order valence-corrected chi connectivity index (χ4v) is 1.03. The van der Waals surface area contributed by atoms with E-state index < -0.39 is 18.1 Å². The topological polar surface area (TPSA) is 55.1 Å². The number of alkyl halides is 3. The van der Waals surface area contributed by atoms with Crippen LogP contribution in [0.25, 0.3) is 0 Å². The van der Waals surface area contributed by atoms with Crippen LogP contribution >= 0.6 is 12.4 Å². The molecule has 0 spiro atoms. The quantitative estimate of drug-likeness (QED) is 0.736. The van der Waals surface area contributed by atoms with E-state index in [4.69, 9.17) is 5.73 Å². The van der Waals surface area contributed by atoms with E-state index in [0.717, 1.165) is 0 Å². The first kappa shape index (κ1) is 14.5. The summed E-state index contributed by atoms with van der Waals surface area (Å²) in [5.74, 6) is -0.334. The van der Waals surface area contributed by atoms with Crippen LogP contribution in [0.1, 0.15) is 25.7 Å². The van der Waals surface area contributed by atoms with E-state index in [1.807, 2.05) is 0 Å². The average molecular weight is 247 g/mol. The minimum Gasteiger partial charge on any atom is -0.354 e. The van der Waals surface area contributed by atoms with Crippen LogP contribution in [0.15, 0.2) is 0 Å². The van der Waals surface area contributed by atoms with Crippen LogP contribution in [-0.2, 0) is 4.79 Å². The maximum Gasteiger partial charge on any atom is 0.389 e. The summed E-state index contributed by atoms with van der Waals surface area (Å²) in [7, 11) is 0. The molecule has 7 heteroatoms. The van der Waals surface area contributed by atoms with Crippen LogP contribution in [0.5, 0.6) is 0 Å². The van der Waals surface area contributed by atoms with Crippen LogP contribution < -0.4 is 11.1 Å². The normalized spacial score (nSPS) is 17.9. The molecular formula is C8H14ClF3N2O. The van der Waals surface area contributed by atoms with Crippen molar-refractivity contribution in [2.24, 2.45) is 5.73 Å². The van der Waals surface area contributed by atoms with Crippen molar-refractivity contribution < 1.29 is 18.0 Å². The van der Waals surface area contributed by atoms with Crippen molar-refractivity contribution in [2.45, 2.75) is 37.4 Å². The Kier molecular flexibility index (Phi) is 4.86. The van der Waals surface area contributed by atoms with Gasteiger partial charge in [0.2, 0.25) is 5.91 Å². The van der Waals surface area contributed by atoms with Gasteiger partial charge in [0.05, 0.1) is 5.54 Å². The summed E-state index contributed by atoms with van der Waals surface area (Å²) in [6.45, 7) is 0.0390. The summed E-state index contributed by atoms with van der Waals surface area (Å²) in [5.41, 5.74) is 4.73. The molecule has 1 aliphatic carbocycles. The molecule has 0 aromatic rings. The van der Waals surface area contributed by atoms with Crippen LogP contribution in [0.4, 0.5) is 13.2 Å². The smallest absolute Gasteiger partial charge is 0.354 e. The third kappa shape index (κ3) is 5.22. The van der Waals surface area contributed by atoms with Crippen LogP contribution in [0.3, 0.4) is 0 Å². The largest absolute Gasteiger partial charge is 0.389 e. The number of carbonyl (C=O) groups is 1. The minimum atomic E-state index is -4.15. The Hall–Kier alpha value is -0.490. The van der Waals surface area contributed by atoms with Gasteiger partial charge in [-0.05, 0) is 19.3 Å². The molecule has 90 valence electrons. The molecular weight excluding hydrogens is 233 g/mol. The molecule has 0 aromatic carbocycles. The monoisotopic (exact) mass is 246 g/mol. The number of amides is 1. The second-order valence-electron chi connectivity index (χ2n) is 3.63. The first-order valence-electron chi connectivity index (χ1n) is 4.47. The predicted molar refractivity (Wildman–Crippen MR) is 51.7 cm³/mol. The molecule has 3 N–H and O–H groups in total. The summed E-state index contributed by atoms with van der Waals surface area (Å²) < 4.78 is 35.1. The average Bonchev–Trinajstić information content (AvgIpc) is 2.76. The highest BCUT2D eigenvalue weighted by molar-refractivity contribution is 5.88. The van der Waals surface area contributed by atoms with E-state index in [-0.39, 0.29) is 31.3 Å². The Bertz CT molecular complexity index is 228. The van der Waals surface area contributed by atoms with Gasteiger partial charge < -0.3 is 11.1 Å². The first-order valence-corrected chi connectivity index (χ1v) is 4.47. The second kappa shape index (κ2) is 5.03. The summed E-state index contributed by atoms with van der Waals surface area (Å²) in [6.07, 6.45) is -3.86. The lowest BCUT2D eigenvalue weighted by Crippen LogP contribution is -2.43. The van der Waals surface area contributed by atoms with Crippen LogP contribution in [0, 0.1) is 0 Å². The zero-order chi connectivity index (χ0) is 10.8. The van der Waals surface area contributed by atoms with Gasteiger partial charge in [-0.3, -0.25) is 4.79 Å². The van der Waals surface area contributed by atoms with Gasteiger partial charge >= 0.3 is 6.18 Å². The van der Waals surface area contributed by atoms with Crippen molar-refractivity contribution in [1.82, 2.24) is 5.32 Å². The molecule has 0 unspecified atom stereocenters. The number of nitrogens with one attached hydrogen (secondary N) is 1. The van der Waals surface area contributed by atoms with E-state index in [2.05, 4.69) is 5.32 Å². The van der Waals surface area contributed by atoms with Crippen molar-refractivity contribution in [1.29, 1.82) is 0 Å². The highest BCUT2D eigenvalue weighted by atomic mass is 35.5. The van der Waals surface area contributed by atoms with Crippen molar-refractivity contribution >= 4 is 18.3 Å². The SMILES string of the molecule is Cl.NC1(C(=O)NCCCC(F)(F)F)CC1. The molecule has 1 saturated carbocycles. The van der Waals surface area contributed by atoms with Gasteiger partial charge in [0, 0.05) is 13.0 Å². The highest BCUT2D eigenvalue weighted by Crippen LogP contribution is 2.32. The van der Waals surface area contributed by atoms with E-state index in [0.29, 0.717) is 12.8 Å². The molecule has 0 radical (unpaired) electrons. The van der Waals surface area contributed by atoms with Crippen molar-refractivity contribution in [3.05, 3.63) is 0 Å². The number of hydrogen-bond acceptors (Lipinski definition) is 2. The molecule has 1 rings (SSSR count). The highest BCUT2D eigenvalue weighted by Gasteiger charge is 2.45. The lowest BCUT2D eigenvalue weighted by molar-refractivity contribution is -0.136. The number of rotatable bonds is 4. The number of halogens is 4. The Labute approximate surface area is 92.0 Å². The predicted octanol–water partition coefficient (Wildman–Crippen LogP) is 1.36. The van der Waals surface area contributed by atoms with Crippen LogP contribution in [0.2, 0.25) is 0 Å². The first-order chi connectivity index (χ1) is 6.33. The zero-order valence-corrected chi connectivity index (χ0v) is 8.88. The van der Waals surface area contributed by atoms with Crippen molar-refractivity contribution in [3.63, 3.8) is 0 Å². The molecule has 1 aliphatic rings. The molecule has 1 amide bonds. The van der Waals surface area contributed by atoms with Gasteiger partial charge in [-0.2, -0.15) is 13.2 Å². The fraction of sp³-hybridized carbons (Fsp3) is 0.875. The van der Waals surface area contributed by atoms with Crippen molar-refractivity contribution in [2.75, 3.05) is 6.54 Å². The molecule has 0 aliphatic heterocycles. The van der Waals surface area contributed by atoms with Crippen molar-refractivity contribution in [3.8, 4) is 0 Å². The number of hydrogen-bond donors (Lipinski definition) is 2. The fourth-order valence-electron chi connectivity index (χ4n) is 1.03. The van der Waals surface area contributed by atoms with E-state index >= 15 is 0 Å². The number of carbonyl (C=O) groups excluding carboxylic acids is 1. The maximum absolute atomic E-state index is 11.7. The molecule has 3 nitrogen and oxygen atoms in total. The van der Waals surface area contributed by atoms with E-state index in [1.54, 1.807) is 0 Å². The maximum atomic E-state index is 11.7. The van der Waals surface area contributed by atoms with E-state index in [9.17, 15) is 18.0 Å².